The molecule has 0 spiro atoms. The second-order valence-electron chi connectivity index (χ2n) is 6.22. The van der Waals surface area contributed by atoms with Gasteiger partial charge in [0.1, 0.15) is 16.2 Å². The third kappa shape index (κ3) is 3.27. The zero-order valence-electron chi connectivity index (χ0n) is 13.2. The van der Waals surface area contributed by atoms with Crippen LogP contribution in [0.2, 0.25) is 0 Å². The molecule has 6 heteroatoms. The number of fused-ring (bicyclic) bond motifs is 3. The lowest BCUT2D eigenvalue weighted by atomic mass is 9.89. The van der Waals surface area contributed by atoms with Crippen molar-refractivity contribution in [1.82, 2.24) is 15.3 Å². The van der Waals surface area contributed by atoms with Crippen LogP contribution in [0.1, 0.15) is 37.6 Å². The van der Waals surface area contributed by atoms with Gasteiger partial charge in [0.15, 0.2) is 0 Å². The lowest BCUT2D eigenvalue weighted by Gasteiger charge is -2.18. The summed E-state index contributed by atoms with van der Waals surface area (Å²) in [7, 11) is 0. The fraction of sp³-hybridized carbons (Fsp3) is 0.562. The molecule has 1 amide bonds. The Morgan fingerprint density at radius 1 is 1.50 bits per heavy atom. The Hall–Kier alpha value is -1.14. The van der Waals surface area contributed by atoms with Crippen LogP contribution in [0.5, 0.6) is 0 Å². The van der Waals surface area contributed by atoms with E-state index >= 15 is 0 Å². The molecule has 0 unspecified atom stereocenters. The molecule has 4 nitrogen and oxygen atoms in total. The average Bonchev–Trinajstić information content (AvgIpc) is 2.82. The number of hydrogen-bond acceptors (Lipinski definition) is 5. The smallest absolute Gasteiger partial charge is 0.230 e. The van der Waals surface area contributed by atoms with Gasteiger partial charge < -0.3 is 5.32 Å². The van der Waals surface area contributed by atoms with Crippen LogP contribution in [0.25, 0.3) is 10.2 Å². The summed E-state index contributed by atoms with van der Waals surface area (Å²) in [5, 5.41) is 5.07. The van der Waals surface area contributed by atoms with Crippen molar-refractivity contribution in [2.75, 3.05) is 5.75 Å². The number of nitrogens with one attached hydrogen (secondary N) is 1. The summed E-state index contributed by atoms with van der Waals surface area (Å²) in [5.74, 6) is 1.22. The van der Waals surface area contributed by atoms with Crippen molar-refractivity contribution in [2.45, 2.75) is 51.1 Å². The van der Waals surface area contributed by atoms with Crippen molar-refractivity contribution in [2.24, 2.45) is 5.92 Å². The van der Waals surface area contributed by atoms with Gasteiger partial charge in [-0.15, -0.1) is 11.3 Å². The maximum absolute atomic E-state index is 11.9. The summed E-state index contributed by atoms with van der Waals surface area (Å²) >= 11 is 3.32. The van der Waals surface area contributed by atoms with E-state index < -0.39 is 0 Å². The summed E-state index contributed by atoms with van der Waals surface area (Å²) in [6, 6.07) is 0.175. The van der Waals surface area contributed by atoms with E-state index in [4.69, 9.17) is 0 Å². The van der Waals surface area contributed by atoms with Gasteiger partial charge >= 0.3 is 0 Å². The van der Waals surface area contributed by atoms with Crippen LogP contribution in [0.4, 0.5) is 0 Å². The molecule has 2 heterocycles. The predicted octanol–water partition coefficient (Wildman–Crippen LogP) is 3.43. The van der Waals surface area contributed by atoms with E-state index in [1.54, 1.807) is 17.7 Å². The first kappa shape index (κ1) is 15.7. The molecule has 0 fully saturated rings. The number of carbonyl (C=O) groups is 1. The lowest BCUT2D eigenvalue weighted by molar-refractivity contribution is -0.119. The first-order valence-electron chi connectivity index (χ1n) is 7.72. The van der Waals surface area contributed by atoms with Crippen LogP contribution in [0.3, 0.4) is 0 Å². The van der Waals surface area contributed by atoms with E-state index in [1.165, 1.54) is 34.0 Å². The van der Waals surface area contributed by atoms with Crippen molar-refractivity contribution in [3.8, 4) is 0 Å². The van der Waals surface area contributed by atoms with Crippen molar-refractivity contribution < 1.29 is 4.79 Å². The fourth-order valence-electron chi connectivity index (χ4n) is 2.85. The normalized spacial score (nSPS) is 17.7. The van der Waals surface area contributed by atoms with Gasteiger partial charge in [0.25, 0.3) is 0 Å². The molecule has 2 aromatic heterocycles. The van der Waals surface area contributed by atoms with Gasteiger partial charge in [0.2, 0.25) is 5.91 Å². The van der Waals surface area contributed by atoms with E-state index in [0.717, 1.165) is 28.6 Å². The summed E-state index contributed by atoms with van der Waals surface area (Å²) in [5.41, 5.74) is 1.42. The van der Waals surface area contributed by atoms with Crippen LogP contribution in [0.15, 0.2) is 11.4 Å². The monoisotopic (exact) mass is 335 g/mol. The van der Waals surface area contributed by atoms with Gasteiger partial charge in [0, 0.05) is 16.3 Å². The molecule has 1 aliphatic carbocycles. The van der Waals surface area contributed by atoms with Crippen molar-refractivity contribution in [3.63, 3.8) is 0 Å². The molecule has 1 atom stereocenters. The van der Waals surface area contributed by atoms with E-state index in [0.29, 0.717) is 5.75 Å². The highest BCUT2D eigenvalue weighted by molar-refractivity contribution is 8.00. The third-order valence-electron chi connectivity index (χ3n) is 3.85. The minimum absolute atomic E-state index is 0.0597. The Morgan fingerprint density at radius 2 is 2.32 bits per heavy atom. The number of carbonyl (C=O) groups excluding carboxylic acids is 1. The number of thiophene rings is 1. The molecule has 1 aliphatic rings. The van der Waals surface area contributed by atoms with Crippen LogP contribution >= 0.6 is 23.1 Å². The van der Waals surface area contributed by atoms with Crippen LogP contribution in [0, 0.1) is 5.92 Å². The first-order valence-corrected chi connectivity index (χ1v) is 9.52. The number of amides is 1. The minimum Gasteiger partial charge on any atom is -0.353 e. The highest BCUT2D eigenvalue weighted by Crippen LogP contribution is 2.40. The minimum atomic E-state index is 0.0597. The molecule has 0 saturated carbocycles. The number of nitrogens with zero attached hydrogens (tertiary/aromatic N) is 2. The number of thioether (sulfide) groups is 1. The Kier molecular flexibility index (Phi) is 4.68. The molecule has 0 saturated heterocycles. The third-order valence-corrected chi connectivity index (χ3v) is 6.00. The maximum atomic E-state index is 11.9. The standard InChI is InChI=1S/C16H21N3OS2/c1-9(2)19-13(20)7-21-15-14-11-5-4-10(3)6-12(11)22-16(14)18-8-17-15/h8-10H,4-7H2,1-3H3,(H,19,20)/t10-/m1/s1. The highest BCUT2D eigenvalue weighted by atomic mass is 32.2. The van der Waals surface area contributed by atoms with E-state index in [2.05, 4.69) is 22.2 Å². The topological polar surface area (TPSA) is 54.9 Å². The summed E-state index contributed by atoms with van der Waals surface area (Å²) in [4.78, 5) is 23.3. The molecule has 118 valence electrons. The SMILES string of the molecule is CC(C)NC(=O)CSc1ncnc2sc3c(c12)CC[C@@H](C)C3. The molecule has 3 rings (SSSR count). The first-order chi connectivity index (χ1) is 10.5. The van der Waals surface area contributed by atoms with Crippen LogP contribution < -0.4 is 5.32 Å². The van der Waals surface area contributed by atoms with Gasteiger partial charge in [-0.05, 0) is 44.6 Å². The molecular weight excluding hydrogens is 314 g/mol. The molecular formula is C16H21N3OS2. The number of rotatable bonds is 4. The highest BCUT2D eigenvalue weighted by Gasteiger charge is 2.23. The van der Waals surface area contributed by atoms with Gasteiger partial charge in [-0.1, -0.05) is 18.7 Å². The zero-order chi connectivity index (χ0) is 15.7. The Morgan fingerprint density at radius 3 is 3.09 bits per heavy atom. The van der Waals surface area contributed by atoms with Gasteiger partial charge in [-0.3, -0.25) is 4.79 Å². The zero-order valence-corrected chi connectivity index (χ0v) is 14.8. The number of aromatic nitrogens is 2. The molecule has 0 aromatic carbocycles. The number of hydrogen-bond donors (Lipinski definition) is 1. The van der Waals surface area contributed by atoms with Gasteiger partial charge in [-0.25, -0.2) is 9.97 Å². The molecule has 1 N–H and O–H groups in total. The quantitative estimate of drug-likeness (QED) is 0.687. The van der Waals surface area contributed by atoms with Gasteiger partial charge in [-0.2, -0.15) is 0 Å². The predicted molar refractivity (Wildman–Crippen MR) is 92.6 cm³/mol. The molecule has 0 radical (unpaired) electrons. The summed E-state index contributed by atoms with van der Waals surface area (Å²) < 4.78 is 0. The van der Waals surface area contributed by atoms with Crippen molar-refractivity contribution in [3.05, 3.63) is 16.8 Å². The Bertz CT molecular complexity index is 696. The van der Waals surface area contributed by atoms with Crippen molar-refractivity contribution >= 4 is 39.2 Å². The Balaban J connectivity index is 1.85. The fourth-order valence-corrected chi connectivity index (χ4v) is 5.11. The molecule has 22 heavy (non-hydrogen) atoms. The molecule has 0 bridgehead atoms. The summed E-state index contributed by atoms with van der Waals surface area (Å²) in [6.07, 6.45) is 5.10. The van der Waals surface area contributed by atoms with E-state index in [1.807, 2.05) is 13.8 Å². The van der Waals surface area contributed by atoms with Crippen LogP contribution in [-0.4, -0.2) is 27.7 Å². The number of aryl methyl sites for hydroxylation is 1. The van der Waals surface area contributed by atoms with Crippen molar-refractivity contribution in [1.29, 1.82) is 0 Å². The van der Waals surface area contributed by atoms with E-state index in [-0.39, 0.29) is 11.9 Å². The lowest BCUT2D eigenvalue weighted by Crippen LogP contribution is -2.31. The average molecular weight is 335 g/mol. The maximum Gasteiger partial charge on any atom is 0.230 e. The second-order valence-corrected chi connectivity index (χ2v) is 8.27. The van der Waals surface area contributed by atoms with Crippen LogP contribution in [-0.2, 0) is 17.6 Å². The second kappa shape index (κ2) is 6.54. The largest absolute Gasteiger partial charge is 0.353 e. The molecule has 2 aromatic rings. The summed E-state index contributed by atoms with van der Waals surface area (Å²) in [6.45, 7) is 6.26. The molecule has 0 aliphatic heterocycles. The van der Waals surface area contributed by atoms with Gasteiger partial charge in [0.05, 0.1) is 5.75 Å². The Labute approximate surface area is 139 Å². The van der Waals surface area contributed by atoms with E-state index in [9.17, 15) is 4.79 Å².